The summed E-state index contributed by atoms with van der Waals surface area (Å²) in [7, 11) is 0. The van der Waals surface area contributed by atoms with E-state index in [4.69, 9.17) is 11.6 Å². The molecule has 0 aromatic heterocycles. The minimum atomic E-state index is -0.454. The Morgan fingerprint density at radius 2 is 1.64 bits per heavy atom. The maximum Gasteiger partial charge on any atom is 0.253 e. The lowest BCUT2D eigenvalue weighted by molar-refractivity contribution is -0.127. The van der Waals surface area contributed by atoms with Crippen molar-refractivity contribution in [2.75, 3.05) is 0 Å². The number of halogens is 1. The van der Waals surface area contributed by atoms with Gasteiger partial charge in [0.1, 0.15) is 5.17 Å². The predicted octanol–water partition coefficient (Wildman–Crippen LogP) is 2.22. The maximum absolute atomic E-state index is 11.2. The Kier molecular flexibility index (Phi) is 1.64. The van der Waals surface area contributed by atoms with Crippen molar-refractivity contribution in [1.82, 2.24) is 0 Å². The molecule has 2 nitrogen and oxygen atoms in total. The maximum atomic E-state index is 11.2. The van der Waals surface area contributed by atoms with Crippen LogP contribution in [-0.4, -0.2) is 11.1 Å². The van der Waals surface area contributed by atoms with Gasteiger partial charge in [0.15, 0.2) is 0 Å². The van der Waals surface area contributed by atoms with E-state index in [1.165, 1.54) is 0 Å². The van der Waals surface area contributed by atoms with E-state index in [2.05, 4.69) is 4.99 Å². The van der Waals surface area contributed by atoms with Gasteiger partial charge in [0, 0.05) is 5.41 Å². The zero-order valence-corrected chi connectivity index (χ0v) is 7.99. The molecule has 1 heterocycles. The largest absolute Gasteiger partial charge is 0.272 e. The van der Waals surface area contributed by atoms with E-state index in [1.807, 2.05) is 27.7 Å². The second-order valence-electron chi connectivity index (χ2n) is 3.96. The third-order valence-corrected chi connectivity index (χ3v) is 3.37. The lowest BCUT2D eigenvalue weighted by Gasteiger charge is -2.31. The van der Waals surface area contributed by atoms with Crippen molar-refractivity contribution in [3.05, 3.63) is 0 Å². The van der Waals surface area contributed by atoms with Gasteiger partial charge in [-0.15, -0.1) is 0 Å². The Balaban J connectivity index is 3.17. The summed E-state index contributed by atoms with van der Waals surface area (Å²) in [5.41, 5.74) is -0.768. The molecule has 1 aliphatic rings. The van der Waals surface area contributed by atoms with Gasteiger partial charge in [-0.2, -0.15) is 0 Å². The first kappa shape index (κ1) is 8.72. The van der Waals surface area contributed by atoms with E-state index < -0.39 is 5.41 Å². The van der Waals surface area contributed by atoms with Crippen LogP contribution in [0.3, 0.4) is 0 Å². The fourth-order valence-corrected chi connectivity index (χ4v) is 1.21. The second kappa shape index (κ2) is 2.07. The number of nitrogens with zero attached hydrogens (tertiary/aromatic N) is 1. The Hall–Kier alpha value is -0.370. The summed E-state index contributed by atoms with van der Waals surface area (Å²) in [6.45, 7) is 7.61. The molecule has 1 amide bonds. The van der Waals surface area contributed by atoms with E-state index in [0.29, 0.717) is 5.17 Å². The lowest BCUT2D eigenvalue weighted by atomic mass is 9.70. The van der Waals surface area contributed by atoms with E-state index >= 15 is 0 Å². The first-order valence-corrected chi connectivity index (χ1v) is 3.97. The molecule has 0 fully saturated rings. The summed E-state index contributed by atoms with van der Waals surface area (Å²) in [5.74, 6) is -0.118. The molecular weight excluding hydrogens is 162 g/mol. The normalized spacial score (nSPS) is 27.0. The quantitative estimate of drug-likeness (QED) is 0.552. The molecule has 0 aliphatic carbocycles. The van der Waals surface area contributed by atoms with Crippen LogP contribution in [0.2, 0.25) is 0 Å². The zero-order valence-electron chi connectivity index (χ0n) is 7.23. The zero-order chi connectivity index (χ0) is 8.86. The third-order valence-electron chi connectivity index (χ3n) is 2.81. The van der Waals surface area contributed by atoms with E-state index in [1.54, 1.807) is 0 Å². The number of amides is 1. The number of carbonyl (C=O) groups is 1. The molecule has 0 saturated heterocycles. The van der Waals surface area contributed by atoms with E-state index in [9.17, 15) is 4.79 Å². The molecule has 0 N–H and O–H groups in total. The van der Waals surface area contributed by atoms with Gasteiger partial charge < -0.3 is 0 Å². The Bertz CT molecular complexity index is 240. The Morgan fingerprint density at radius 3 is 1.73 bits per heavy atom. The van der Waals surface area contributed by atoms with Gasteiger partial charge >= 0.3 is 0 Å². The third kappa shape index (κ3) is 0.924. The number of aliphatic imine (C=N–C) groups is 1. The molecule has 0 unspecified atom stereocenters. The molecule has 0 aromatic carbocycles. The Labute approximate surface area is 71.6 Å². The molecule has 0 aromatic rings. The van der Waals surface area contributed by atoms with Crippen LogP contribution in [0.15, 0.2) is 4.99 Å². The SMILES string of the molecule is CC1(C)C(=O)N=C(Cl)C1(C)C. The molecule has 1 rings (SSSR count). The standard InChI is InChI=1S/C8H12ClNO/c1-7(2)5(9)10-6(11)8(7,3)4/h1-4H3. The highest BCUT2D eigenvalue weighted by Gasteiger charge is 2.51. The predicted molar refractivity (Wildman–Crippen MR) is 45.9 cm³/mol. The average molecular weight is 174 g/mol. The molecule has 11 heavy (non-hydrogen) atoms. The summed E-state index contributed by atoms with van der Waals surface area (Å²) in [6, 6.07) is 0. The summed E-state index contributed by atoms with van der Waals surface area (Å²) in [6.07, 6.45) is 0. The summed E-state index contributed by atoms with van der Waals surface area (Å²) >= 11 is 5.81. The highest BCUT2D eigenvalue weighted by Crippen LogP contribution is 2.46. The average Bonchev–Trinajstić information content (AvgIpc) is 1.95. The minimum absolute atomic E-state index is 0.118. The number of carbonyl (C=O) groups excluding carboxylic acids is 1. The van der Waals surface area contributed by atoms with Crippen molar-refractivity contribution in [3.8, 4) is 0 Å². The summed E-state index contributed by atoms with van der Waals surface area (Å²) in [5, 5.41) is 0.424. The van der Waals surface area contributed by atoms with Crippen LogP contribution >= 0.6 is 11.6 Å². The first-order chi connectivity index (χ1) is 4.80. The summed E-state index contributed by atoms with van der Waals surface area (Å²) < 4.78 is 0. The molecule has 0 spiro atoms. The van der Waals surface area contributed by atoms with Crippen molar-refractivity contribution in [1.29, 1.82) is 0 Å². The molecule has 0 bridgehead atoms. The van der Waals surface area contributed by atoms with Crippen molar-refractivity contribution < 1.29 is 4.79 Å². The van der Waals surface area contributed by atoms with Crippen molar-refractivity contribution in [3.63, 3.8) is 0 Å². The summed E-state index contributed by atoms with van der Waals surface area (Å²) in [4.78, 5) is 15.0. The van der Waals surface area contributed by atoms with Crippen LogP contribution in [0, 0.1) is 10.8 Å². The minimum Gasteiger partial charge on any atom is -0.272 e. The van der Waals surface area contributed by atoms with Crippen molar-refractivity contribution >= 4 is 22.7 Å². The number of hydrogen-bond donors (Lipinski definition) is 0. The van der Waals surface area contributed by atoms with E-state index in [-0.39, 0.29) is 11.3 Å². The topological polar surface area (TPSA) is 29.4 Å². The molecule has 0 atom stereocenters. The van der Waals surface area contributed by atoms with Crippen LogP contribution in [-0.2, 0) is 4.79 Å². The number of hydrogen-bond acceptors (Lipinski definition) is 1. The van der Waals surface area contributed by atoms with Crippen molar-refractivity contribution in [2.24, 2.45) is 15.8 Å². The fraction of sp³-hybridized carbons (Fsp3) is 0.750. The molecule has 62 valence electrons. The van der Waals surface area contributed by atoms with Gasteiger partial charge in [-0.25, -0.2) is 4.99 Å². The van der Waals surface area contributed by atoms with Crippen LogP contribution < -0.4 is 0 Å². The molecule has 1 aliphatic heterocycles. The van der Waals surface area contributed by atoms with Crippen LogP contribution in [0.25, 0.3) is 0 Å². The molecule has 0 radical (unpaired) electrons. The van der Waals surface area contributed by atoms with Gasteiger partial charge in [-0.3, -0.25) is 4.79 Å². The first-order valence-electron chi connectivity index (χ1n) is 3.59. The van der Waals surface area contributed by atoms with Gasteiger partial charge in [0.2, 0.25) is 0 Å². The molecule has 0 saturated carbocycles. The van der Waals surface area contributed by atoms with Gasteiger partial charge in [-0.1, -0.05) is 39.3 Å². The highest BCUT2D eigenvalue weighted by atomic mass is 35.5. The smallest absolute Gasteiger partial charge is 0.253 e. The van der Waals surface area contributed by atoms with Gasteiger partial charge in [0.05, 0.1) is 5.41 Å². The highest BCUT2D eigenvalue weighted by molar-refractivity contribution is 6.68. The lowest BCUT2D eigenvalue weighted by Crippen LogP contribution is -2.36. The van der Waals surface area contributed by atoms with Crippen LogP contribution in [0.5, 0.6) is 0 Å². The van der Waals surface area contributed by atoms with E-state index in [0.717, 1.165) is 0 Å². The van der Waals surface area contributed by atoms with Crippen molar-refractivity contribution in [2.45, 2.75) is 27.7 Å². The van der Waals surface area contributed by atoms with Crippen LogP contribution in [0.4, 0.5) is 0 Å². The monoisotopic (exact) mass is 173 g/mol. The van der Waals surface area contributed by atoms with Crippen LogP contribution in [0.1, 0.15) is 27.7 Å². The van der Waals surface area contributed by atoms with Gasteiger partial charge in [0.25, 0.3) is 5.91 Å². The fourth-order valence-electron chi connectivity index (χ4n) is 0.894. The molecule has 3 heteroatoms. The van der Waals surface area contributed by atoms with Gasteiger partial charge in [-0.05, 0) is 0 Å². The number of rotatable bonds is 0. The Morgan fingerprint density at radius 1 is 1.18 bits per heavy atom. The second-order valence-corrected chi connectivity index (χ2v) is 4.32. The molecular formula is C8H12ClNO.